The molecule has 0 unspecified atom stereocenters. The highest BCUT2D eigenvalue weighted by Crippen LogP contribution is 2.23. The quantitative estimate of drug-likeness (QED) is 0.686. The van der Waals surface area contributed by atoms with Crippen molar-refractivity contribution < 1.29 is 9.72 Å². The van der Waals surface area contributed by atoms with Crippen molar-refractivity contribution >= 4 is 11.7 Å². The second-order valence-corrected chi connectivity index (χ2v) is 5.64. The Morgan fingerprint density at radius 1 is 1.38 bits per heavy atom. The number of fused-ring (bicyclic) bond motifs is 1. The molecule has 0 aliphatic carbocycles. The Labute approximate surface area is 138 Å². The predicted octanol–water partition coefficient (Wildman–Crippen LogP) is 1.96. The number of nitro groups is 1. The van der Waals surface area contributed by atoms with E-state index in [0.29, 0.717) is 31.9 Å². The van der Waals surface area contributed by atoms with Gasteiger partial charge >= 0.3 is 6.03 Å². The Morgan fingerprint density at radius 2 is 2.21 bits per heavy atom. The number of aromatic nitrogens is 2. The van der Waals surface area contributed by atoms with E-state index in [-0.39, 0.29) is 11.7 Å². The second-order valence-electron chi connectivity index (χ2n) is 5.64. The maximum atomic E-state index is 12.3. The van der Waals surface area contributed by atoms with E-state index in [2.05, 4.69) is 15.3 Å². The van der Waals surface area contributed by atoms with Gasteiger partial charge in [0.05, 0.1) is 17.2 Å². The first-order valence-electron chi connectivity index (χ1n) is 7.60. The maximum absolute atomic E-state index is 12.3. The number of hydrogen-bond donors (Lipinski definition) is 1. The lowest BCUT2D eigenvalue weighted by molar-refractivity contribution is -0.385. The number of aryl methyl sites for hydroxylation is 1. The van der Waals surface area contributed by atoms with Crippen LogP contribution in [0.4, 0.5) is 10.5 Å². The molecule has 1 N–H and O–H groups in total. The minimum atomic E-state index is -0.420. The van der Waals surface area contributed by atoms with Crippen LogP contribution in [-0.2, 0) is 19.5 Å². The number of carbonyl (C=O) groups is 1. The molecule has 2 heterocycles. The third-order valence-corrected chi connectivity index (χ3v) is 3.95. The van der Waals surface area contributed by atoms with Crippen LogP contribution >= 0.6 is 0 Å². The first-order valence-corrected chi connectivity index (χ1v) is 7.60. The predicted molar refractivity (Wildman–Crippen MR) is 86.2 cm³/mol. The summed E-state index contributed by atoms with van der Waals surface area (Å²) in [5, 5.41) is 13.7. The van der Waals surface area contributed by atoms with Crippen LogP contribution in [0.15, 0.2) is 30.5 Å². The van der Waals surface area contributed by atoms with Gasteiger partial charge in [-0.3, -0.25) is 10.1 Å². The molecule has 1 aliphatic rings. The van der Waals surface area contributed by atoms with E-state index >= 15 is 0 Å². The average Bonchev–Trinajstić information content (AvgIpc) is 2.58. The van der Waals surface area contributed by atoms with Crippen molar-refractivity contribution in [1.29, 1.82) is 0 Å². The Balaban J connectivity index is 1.65. The van der Waals surface area contributed by atoms with Crippen LogP contribution in [0.25, 0.3) is 0 Å². The molecule has 0 radical (unpaired) electrons. The summed E-state index contributed by atoms with van der Waals surface area (Å²) in [6.45, 7) is 3.06. The van der Waals surface area contributed by atoms with Crippen molar-refractivity contribution in [3.05, 3.63) is 63.2 Å². The van der Waals surface area contributed by atoms with Gasteiger partial charge in [-0.05, 0) is 30.5 Å². The normalized spacial score (nSPS) is 13.3. The summed E-state index contributed by atoms with van der Waals surface area (Å²) in [5.41, 5.74) is 2.66. The molecule has 8 nitrogen and oxygen atoms in total. The van der Waals surface area contributed by atoms with Gasteiger partial charge in [0.2, 0.25) is 0 Å². The van der Waals surface area contributed by atoms with Crippen molar-refractivity contribution in [3.63, 3.8) is 0 Å². The molecule has 3 rings (SSSR count). The van der Waals surface area contributed by atoms with Crippen LogP contribution in [0.1, 0.15) is 22.6 Å². The van der Waals surface area contributed by atoms with Crippen LogP contribution in [0.2, 0.25) is 0 Å². The van der Waals surface area contributed by atoms with Gasteiger partial charge in [-0.1, -0.05) is 6.07 Å². The molecule has 1 aliphatic heterocycles. The highest BCUT2D eigenvalue weighted by atomic mass is 16.6. The Morgan fingerprint density at radius 3 is 2.96 bits per heavy atom. The van der Waals surface area contributed by atoms with Crippen LogP contribution in [0.5, 0.6) is 0 Å². The Bertz CT molecular complexity index is 793. The van der Waals surface area contributed by atoms with Gasteiger partial charge in [-0.15, -0.1) is 0 Å². The minimum Gasteiger partial charge on any atom is -0.332 e. The smallest absolute Gasteiger partial charge is 0.318 e. The van der Waals surface area contributed by atoms with Gasteiger partial charge in [0.1, 0.15) is 5.82 Å². The summed E-state index contributed by atoms with van der Waals surface area (Å²) in [6, 6.07) is 6.37. The number of nitrogens with one attached hydrogen (secondary N) is 1. The van der Waals surface area contributed by atoms with E-state index in [9.17, 15) is 14.9 Å². The summed E-state index contributed by atoms with van der Waals surface area (Å²) in [6.07, 6.45) is 2.34. The van der Waals surface area contributed by atoms with E-state index in [1.54, 1.807) is 36.2 Å². The number of non-ortho nitro benzene ring substituents is 1. The van der Waals surface area contributed by atoms with Crippen LogP contribution in [0.3, 0.4) is 0 Å². The van der Waals surface area contributed by atoms with Crippen molar-refractivity contribution in [2.24, 2.45) is 0 Å². The lowest BCUT2D eigenvalue weighted by atomic mass is 9.99. The summed E-state index contributed by atoms with van der Waals surface area (Å²) >= 11 is 0. The molecule has 0 bridgehead atoms. The van der Waals surface area contributed by atoms with Crippen LogP contribution in [-0.4, -0.2) is 32.4 Å². The van der Waals surface area contributed by atoms with E-state index < -0.39 is 4.92 Å². The molecule has 8 heteroatoms. The average molecular weight is 327 g/mol. The number of amides is 2. The Hall–Kier alpha value is -3.03. The molecular formula is C16H17N5O3. The Kier molecular flexibility index (Phi) is 4.37. The zero-order valence-corrected chi connectivity index (χ0v) is 13.2. The molecule has 124 valence electrons. The molecule has 1 aromatic carbocycles. The summed E-state index contributed by atoms with van der Waals surface area (Å²) in [5.74, 6) is 0.654. The SMILES string of the molecule is Cc1nccc(CNC(=O)N2CCc3ccc([N+](=O)[O-])cc3C2)n1. The van der Waals surface area contributed by atoms with Gasteiger partial charge in [-0.2, -0.15) is 0 Å². The molecule has 0 saturated heterocycles. The molecule has 0 fully saturated rings. The second kappa shape index (κ2) is 6.61. The first-order chi connectivity index (χ1) is 11.5. The number of nitro benzene ring substituents is 1. The van der Waals surface area contributed by atoms with Crippen LogP contribution < -0.4 is 5.32 Å². The summed E-state index contributed by atoms with van der Waals surface area (Å²) < 4.78 is 0. The topological polar surface area (TPSA) is 101 Å². The molecule has 0 saturated carbocycles. The van der Waals surface area contributed by atoms with Crippen molar-refractivity contribution in [2.45, 2.75) is 26.4 Å². The van der Waals surface area contributed by atoms with E-state index in [1.807, 2.05) is 0 Å². The number of rotatable bonds is 3. The van der Waals surface area contributed by atoms with Gasteiger partial charge in [0, 0.05) is 31.4 Å². The standard InChI is InChI=1S/C16H17N5O3/c1-11-17-6-4-14(19-11)9-18-16(22)20-7-5-12-2-3-15(21(23)24)8-13(12)10-20/h2-4,6,8H,5,7,9-10H2,1H3,(H,18,22). The molecule has 24 heavy (non-hydrogen) atoms. The molecule has 0 spiro atoms. The lowest BCUT2D eigenvalue weighted by Crippen LogP contribution is -2.42. The fourth-order valence-electron chi connectivity index (χ4n) is 2.71. The van der Waals surface area contributed by atoms with Gasteiger partial charge in [-0.25, -0.2) is 14.8 Å². The number of benzene rings is 1. The third kappa shape index (κ3) is 3.48. The lowest BCUT2D eigenvalue weighted by Gasteiger charge is -2.28. The van der Waals surface area contributed by atoms with Crippen molar-refractivity contribution in [1.82, 2.24) is 20.2 Å². The molecular weight excluding hydrogens is 310 g/mol. The zero-order chi connectivity index (χ0) is 17.1. The zero-order valence-electron chi connectivity index (χ0n) is 13.2. The third-order valence-electron chi connectivity index (χ3n) is 3.95. The van der Waals surface area contributed by atoms with E-state index in [1.165, 1.54) is 6.07 Å². The highest BCUT2D eigenvalue weighted by Gasteiger charge is 2.22. The first kappa shape index (κ1) is 15.9. The monoisotopic (exact) mass is 327 g/mol. The molecule has 1 aromatic heterocycles. The number of hydrogen-bond acceptors (Lipinski definition) is 5. The summed E-state index contributed by atoms with van der Waals surface area (Å²) in [4.78, 5) is 32.7. The van der Waals surface area contributed by atoms with Crippen molar-refractivity contribution in [3.8, 4) is 0 Å². The fourth-order valence-corrected chi connectivity index (χ4v) is 2.71. The minimum absolute atomic E-state index is 0.0486. The van der Waals surface area contributed by atoms with Gasteiger partial charge in [0.15, 0.2) is 0 Å². The van der Waals surface area contributed by atoms with E-state index in [4.69, 9.17) is 0 Å². The van der Waals surface area contributed by atoms with E-state index in [0.717, 1.165) is 16.8 Å². The highest BCUT2D eigenvalue weighted by molar-refractivity contribution is 5.74. The van der Waals surface area contributed by atoms with Crippen LogP contribution in [0, 0.1) is 17.0 Å². The van der Waals surface area contributed by atoms with Gasteiger partial charge < -0.3 is 10.2 Å². The number of urea groups is 1. The van der Waals surface area contributed by atoms with Gasteiger partial charge in [0.25, 0.3) is 5.69 Å². The number of nitrogens with zero attached hydrogens (tertiary/aromatic N) is 4. The van der Waals surface area contributed by atoms with Crippen molar-refractivity contribution in [2.75, 3.05) is 6.54 Å². The maximum Gasteiger partial charge on any atom is 0.318 e. The fraction of sp³-hybridized carbons (Fsp3) is 0.312. The number of carbonyl (C=O) groups excluding carboxylic acids is 1. The summed E-state index contributed by atoms with van der Waals surface area (Å²) in [7, 11) is 0. The molecule has 0 atom stereocenters. The molecule has 2 amide bonds. The molecule has 2 aromatic rings. The largest absolute Gasteiger partial charge is 0.332 e.